The van der Waals surface area contributed by atoms with Crippen molar-refractivity contribution >= 4 is 74.6 Å². The third-order valence-corrected chi connectivity index (χ3v) is 9.61. The maximum absolute atomic E-state index is 13.5. The highest BCUT2D eigenvalue weighted by molar-refractivity contribution is 8.24. The summed E-state index contributed by atoms with van der Waals surface area (Å²) < 4.78 is 25.8. The Balaban J connectivity index is 1.41. The maximum Gasteiger partial charge on any atom is 0.410 e. The minimum Gasteiger partial charge on any atom is -0.444 e. The monoisotopic (exact) mass is 677 g/mol. The van der Waals surface area contributed by atoms with Gasteiger partial charge in [0.25, 0.3) is 5.91 Å². The number of rotatable bonds is 6. The SMILES string of the molecule is CN(Cc1cc(Nc2ncc3c(n2)N(C)CN(c2c(Cl)cccc2Cl)C3=O)ccc1N1CCS(O)(O)CC1)C(=O)OC(C)(C)C. The van der Waals surface area contributed by atoms with Gasteiger partial charge in [-0.25, -0.2) is 9.78 Å². The number of nitrogens with zero attached hydrogens (tertiary/aromatic N) is 6. The summed E-state index contributed by atoms with van der Waals surface area (Å²) in [7, 11) is 0.901. The highest BCUT2D eigenvalue weighted by Gasteiger charge is 2.33. The molecule has 2 aromatic carbocycles. The Morgan fingerprint density at radius 1 is 1.13 bits per heavy atom. The molecule has 15 heteroatoms. The van der Waals surface area contributed by atoms with Gasteiger partial charge in [0, 0.05) is 44.8 Å². The van der Waals surface area contributed by atoms with Gasteiger partial charge in [0.1, 0.15) is 17.0 Å². The van der Waals surface area contributed by atoms with Crippen LogP contribution >= 0.6 is 33.8 Å². The Morgan fingerprint density at radius 3 is 2.44 bits per heavy atom. The molecule has 12 nitrogen and oxygen atoms in total. The second kappa shape index (κ2) is 12.7. The van der Waals surface area contributed by atoms with Gasteiger partial charge in [-0.3, -0.25) is 18.8 Å². The van der Waals surface area contributed by atoms with Crippen LogP contribution in [-0.4, -0.2) is 86.9 Å². The summed E-state index contributed by atoms with van der Waals surface area (Å²) in [6, 6.07) is 10.8. The number of anilines is 5. The second-order valence-electron chi connectivity index (χ2n) is 12.1. The van der Waals surface area contributed by atoms with Crippen LogP contribution in [0.5, 0.6) is 0 Å². The number of hydrogen-bond donors (Lipinski definition) is 3. The molecule has 1 saturated heterocycles. The lowest BCUT2D eigenvalue weighted by Gasteiger charge is -2.42. The topological polar surface area (TPSA) is 135 Å². The molecule has 3 N–H and O–H groups in total. The third-order valence-electron chi connectivity index (χ3n) is 7.33. The van der Waals surface area contributed by atoms with E-state index in [0.717, 1.165) is 11.3 Å². The smallest absolute Gasteiger partial charge is 0.410 e. The molecular weight excluding hydrogens is 641 g/mol. The number of halogens is 2. The van der Waals surface area contributed by atoms with Crippen LogP contribution in [-0.2, 0) is 11.3 Å². The summed E-state index contributed by atoms with van der Waals surface area (Å²) >= 11 is 12.8. The molecule has 0 bridgehead atoms. The van der Waals surface area contributed by atoms with Crippen LogP contribution < -0.4 is 20.0 Å². The van der Waals surface area contributed by atoms with Gasteiger partial charge >= 0.3 is 6.09 Å². The van der Waals surface area contributed by atoms with Crippen LogP contribution in [0.4, 0.5) is 33.6 Å². The first kappa shape index (κ1) is 32.9. The highest BCUT2D eigenvalue weighted by Crippen LogP contribution is 2.42. The number of ether oxygens (including phenoxy) is 1. The predicted octanol–water partition coefficient (Wildman–Crippen LogP) is 6.52. The fraction of sp³-hybridized carbons (Fsp3) is 0.400. The number of hydrogen-bond acceptors (Lipinski definition) is 10. The van der Waals surface area contributed by atoms with E-state index in [-0.39, 0.29) is 36.6 Å². The van der Waals surface area contributed by atoms with E-state index in [4.69, 9.17) is 27.9 Å². The standard InChI is InChI=1S/C30H37Cl2N7O5S/c1-30(2,3)44-29(41)36(4)17-19-15-20(9-10-24(19)38-11-13-45(42,43)14-12-38)34-28-33-16-21-26(35-28)37(5)18-39(27(21)40)25-22(31)7-6-8-23(25)32/h6-10,15-16,42-43H,11-14,17-18H2,1-5H3,(H,33,34,35). The Morgan fingerprint density at radius 2 is 1.80 bits per heavy atom. The zero-order valence-electron chi connectivity index (χ0n) is 25.8. The van der Waals surface area contributed by atoms with Crippen LogP contribution in [0.2, 0.25) is 10.0 Å². The number of amides is 2. The van der Waals surface area contributed by atoms with Gasteiger partial charge in [-0.15, -0.1) is 0 Å². The van der Waals surface area contributed by atoms with Crippen LogP contribution in [0, 0.1) is 0 Å². The molecule has 242 valence electrons. The lowest BCUT2D eigenvalue weighted by atomic mass is 10.1. The fourth-order valence-electron chi connectivity index (χ4n) is 5.14. The average Bonchev–Trinajstić information content (AvgIpc) is 2.95. The van der Waals surface area contributed by atoms with Crippen molar-refractivity contribution in [2.24, 2.45) is 0 Å². The molecule has 0 radical (unpaired) electrons. The van der Waals surface area contributed by atoms with Gasteiger partial charge < -0.3 is 24.8 Å². The van der Waals surface area contributed by atoms with E-state index in [2.05, 4.69) is 20.2 Å². The van der Waals surface area contributed by atoms with E-state index in [1.807, 2.05) is 50.9 Å². The molecule has 0 saturated carbocycles. The molecule has 1 aromatic heterocycles. The molecule has 3 aromatic rings. The largest absolute Gasteiger partial charge is 0.444 e. The average molecular weight is 679 g/mol. The lowest BCUT2D eigenvalue weighted by molar-refractivity contribution is 0.0285. The first-order valence-electron chi connectivity index (χ1n) is 14.3. The molecule has 3 heterocycles. The van der Waals surface area contributed by atoms with Crippen molar-refractivity contribution in [3.63, 3.8) is 0 Å². The molecule has 0 spiro atoms. The Kier molecular flexibility index (Phi) is 9.30. The highest BCUT2D eigenvalue weighted by atomic mass is 35.5. The minimum absolute atomic E-state index is 0.183. The summed E-state index contributed by atoms with van der Waals surface area (Å²) in [4.78, 5) is 42.2. The van der Waals surface area contributed by atoms with Gasteiger partial charge in [-0.2, -0.15) is 15.6 Å². The lowest BCUT2D eigenvalue weighted by Crippen LogP contribution is -2.46. The number of nitrogens with one attached hydrogen (secondary N) is 1. The van der Waals surface area contributed by atoms with E-state index in [1.165, 1.54) is 16.0 Å². The van der Waals surface area contributed by atoms with Crippen molar-refractivity contribution in [1.29, 1.82) is 0 Å². The molecule has 0 atom stereocenters. The van der Waals surface area contributed by atoms with Gasteiger partial charge in [0.15, 0.2) is 0 Å². The van der Waals surface area contributed by atoms with Crippen molar-refractivity contribution in [2.45, 2.75) is 32.9 Å². The molecule has 5 rings (SSSR count). The fourth-order valence-corrected chi connectivity index (χ4v) is 6.97. The van der Waals surface area contributed by atoms with E-state index in [9.17, 15) is 18.7 Å². The van der Waals surface area contributed by atoms with Gasteiger partial charge in [0.2, 0.25) is 5.95 Å². The number of para-hydroxylation sites is 1. The Bertz CT molecular complexity index is 1590. The van der Waals surface area contributed by atoms with Crippen molar-refractivity contribution in [3.8, 4) is 0 Å². The number of benzene rings is 2. The number of fused-ring (bicyclic) bond motifs is 1. The Hall–Kier alpha value is -3.49. The minimum atomic E-state index is -2.58. The number of aromatic nitrogens is 2. The van der Waals surface area contributed by atoms with E-state index in [1.54, 1.807) is 25.2 Å². The molecule has 1 fully saturated rings. The predicted molar refractivity (Wildman–Crippen MR) is 181 cm³/mol. The molecule has 2 amide bonds. The van der Waals surface area contributed by atoms with Gasteiger partial charge in [-0.05, 0) is 56.7 Å². The van der Waals surface area contributed by atoms with Gasteiger partial charge in [-0.1, -0.05) is 29.3 Å². The summed E-state index contributed by atoms with van der Waals surface area (Å²) in [6.07, 6.45) is 1.01. The van der Waals surface area contributed by atoms with Crippen molar-refractivity contribution in [2.75, 3.05) is 65.4 Å². The van der Waals surface area contributed by atoms with Crippen molar-refractivity contribution < 1.29 is 23.4 Å². The summed E-state index contributed by atoms with van der Waals surface area (Å²) in [5.74, 6) is 0.974. The molecule has 45 heavy (non-hydrogen) atoms. The normalized spacial score (nSPS) is 17.1. The van der Waals surface area contributed by atoms with Crippen LogP contribution in [0.3, 0.4) is 0 Å². The third kappa shape index (κ3) is 7.50. The molecular formula is C30H37Cl2N7O5S. The summed E-state index contributed by atoms with van der Waals surface area (Å²) in [6.45, 7) is 6.82. The zero-order valence-corrected chi connectivity index (χ0v) is 28.1. The molecule has 0 aliphatic carbocycles. The quantitative estimate of drug-likeness (QED) is 0.265. The Labute approximate surface area is 274 Å². The second-order valence-corrected chi connectivity index (χ2v) is 15.3. The van der Waals surface area contributed by atoms with Crippen LogP contribution in [0.15, 0.2) is 42.6 Å². The van der Waals surface area contributed by atoms with Gasteiger partial charge in [0.05, 0.1) is 40.5 Å². The molecule has 2 aliphatic rings. The van der Waals surface area contributed by atoms with E-state index in [0.29, 0.717) is 45.9 Å². The first-order chi connectivity index (χ1) is 21.1. The number of carbonyl (C=O) groups excluding carboxylic acids is 2. The van der Waals surface area contributed by atoms with E-state index >= 15 is 0 Å². The van der Waals surface area contributed by atoms with Crippen LogP contribution in [0.1, 0.15) is 36.7 Å². The van der Waals surface area contributed by atoms with Crippen molar-refractivity contribution in [1.82, 2.24) is 14.9 Å². The zero-order chi connectivity index (χ0) is 32.7. The van der Waals surface area contributed by atoms with Crippen molar-refractivity contribution in [3.05, 3.63) is 63.8 Å². The molecule has 2 aliphatic heterocycles. The summed E-state index contributed by atoms with van der Waals surface area (Å²) in [5, 5.41) is 3.95. The van der Waals surface area contributed by atoms with E-state index < -0.39 is 22.3 Å². The summed E-state index contributed by atoms with van der Waals surface area (Å²) in [5.41, 5.74) is 2.45. The maximum atomic E-state index is 13.5. The number of carbonyl (C=O) groups is 2. The first-order valence-corrected chi connectivity index (χ1v) is 16.9. The molecule has 0 unspecified atom stereocenters. The van der Waals surface area contributed by atoms with Crippen LogP contribution in [0.25, 0.3) is 0 Å².